The van der Waals surface area contributed by atoms with Gasteiger partial charge in [-0.1, -0.05) is 0 Å². The zero-order chi connectivity index (χ0) is 18.0. The number of carbonyl (C=O) groups excluding carboxylic acids is 1. The molecule has 1 amide bonds. The van der Waals surface area contributed by atoms with Crippen molar-refractivity contribution in [1.82, 2.24) is 9.47 Å². The van der Waals surface area contributed by atoms with E-state index in [9.17, 15) is 14.0 Å². The minimum Gasteiger partial charge on any atom is -0.334 e. The lowest BCUT2D eigenvalue weighted by Gasteiger charge is -2.35. The highest BCUT2D eigenvalue weighted by molar-refractivity contribution is 5.95. The van der Waals surface area contributed by atoms with E-state index < -0.39 is 5.56 Å². The van der Waals surface area contributed by atoms with Crippen LogP contribution in [0, 0.1) is 12.7 Å². The fourth-order valence-electron chi connectivity index (χ4n) is 3.35. The van der Waals surface area contributed by atoms with E-state index in [4.69, 9.17) is 5.73 Å². The Morgan fingerprint density at radius 2 is 1.96 bits per heavy atom. The van der Waals surface area contributed by atoms with Crippen molar-refractivity contribution in [3.8, 4) is 5.69 Å². The van der Waals surface area contributed by atoms with Gasteiger partial charge in [0, 0.05) is 31.0 Å². The van der Waals surface area contributed by atoms with Crippen LogP contribution in [0.4, 0.5) is 4.39 Å². The molecule has 1 aromatic carbocycles. The third kappa shape index (κ3) is 3.35. The zero-order valence-electron chi connectivity index (χ0n) is 14.2. The van der Waals surface area contributed by atoms with Gasteiger partial charge in [0.2, 0.25) is 0 Å². The van der Waals surface area contributed by atoms with Crippen molar-refractivity contribution in [2.75, 3.05) is 13.1 Å². The lowest BCUT2D eigenvalue weighted by atomic mass is 10.00. The SMILES string of the molecule is Cc1ccn(-c2ccc(F)cc2)c(=O)c1C(=O)N1CCCCC1CN. The Bertz CT molecular complexity index is 830. The van der Waals surface area contributed by atoms with E-state index in [1.165, 1.54) is 28.8 Å². The van der Waals surface area contributed by atoms with E-state index in [-0.39, 0.29) is 23.3 Å². The number of pyridine rings is 1. The minimum absolute atomic E-state index is 0.0282. The Hall–Kier alpha value is -2.47. The molecule has 2 heterocycles. The number of amides is 1. The summed E-state index contributed by atoms with van der Waals surface area (Å²) >= 11 is 0. The number of hydrogen-bond acceptors (Lipinski definition) is 3. The summed E-state index contributed by atoms with van der Waals surface area (Å²) in [5, 5.41) is 0. The van der Waals surface area contributed by atoms with Gasteiger partial charge in [-0.05, 0) is 62.1 Å². The van der Waals surface area contributed by atoms with Crippen molar-refractivity contribution in [1.29, 1.82) is 0 Å². The van der Waals surface area contributed by atoms with Crippen LogP contribution in [0.5, 0.6) is 0 Å². The number of nitrogens with zero attached hydrogens (tertiary/aromatic N) is 2. The molecule has 0 saturated carbocycles. The summed E-state index contributed by atoms with van der Waals surface area (Å²) in [4.78, 5) is 27.7. The van der Waals surface area contributed by atoms with Crippen LogP contribution in [-0.4, -0.2) is 34.5 Å². The van der Waals surface area contributed by atoms with Gasteiger partial charge in [-0.15, -0.1) is 0 Å². The first-order valence-corrected chi connectivity index (χ1v) is 8.52. The lowest BCUT2D eigenvalue weighted by molar-refractivity contribution is 0.0620. The third-order valence-electron chi connectivity index (χ3n) is 4.78. The van der Waals surface area contributed by atoms with E-state index in [1.54, 1.807) is 24.1 Å². The summed E-state index contributed by atoms with van der Waals surface area (Å²) in [6, 6.07) is 7.32. The second kappa shape index (κ2) is 7.19. The second-order valence-corrected chi connectivity index (χ2v) is 6.41. The Balaban J connectivity index is 2.04. The normalized spacial score (nSPS) is 17.6. The van der Waals surface area contributed by atoms with E-state index in [2.05, 4.69) is 0 Å². The number of benzene rings is 1. The molecule has 5 nitrogen and oxygen atoms in total. The van der Waals surface area contributed by atoms with Crippen LogP contribution in [0.1, 0.15) is 35.2 Å². The van der Waals surface area contributed by atoms with Gasteiger partial charge in [0.1, 0.15) is 11.4 Å². The molecule has 2 aromatic rings. The summed E-state index contributed by atoms with van der Waals surface area (Å²) in [7, 11) is 0. The molecule has 1 fully saturated rings. The van der Waals surface area contributed by atoms with Gasteiger partial charge >= 0.3 is 0 Å². The van der Waals surface area contributed by atoms with Crippen LogP contribution in [0.3, 0.4) is 0 Å². The van der Waals surface area contributed by atoms with E-state index in [0.717, 1.165) is 19.3 Å². The molecule has 6 heteroatoms. The Labute approximate surface area is 145 Å². The zero-order valence-corrected chi connectivity index (χ0v) is 14.2. The lowest BCUT2D eigenvalue weighted by Crippen LogP contribution is -2.49. The molecule has 1 atom stereocenters. The largest absolute Gasteiger partial charge is 0.334 e. The molecule has 1 saturated heterocycles. The molecule has 1 aliphatic rings. The molecular formula is C19H22FN3O2. The van der Waals surface area contributed by atoms with E-state index in [0.29, 0.717) is 24.3 Å². The number of likely N-dealkylation sites (tertiary alicyclic amines) is 1. The quantitative estimate of drug-likeness (QED) is 0.929. The monoisotopic (exact) mass is 343 g/mol. The summed E-state index contributed by atoms with van der Waals surface area (Å²) in [5.41, 5.74) is 6.73. The molecule has 2 N–H and O–H groups in total. The number of nitrogens with two attached hydrogens (primary N) is 1. The molecule has 0 spiro atoms. The summed E-state index contributed by atoms with van der Waals surface area (Å²) in [5.74, 6) is -0.645. The van der Waals surface area contributed by atoms with Crippen molar-refractivity contribution in [3.05, 3.63) is 63.8 Å². The maximum Gasteiger partial charge on any atom is 0.268 e. The number of halogens is 1. The Morgan fingerprint density at radius 1 is 1.24 bits per heavy atom. The van der Waals surface area contributed by atoms with Gasteiger partial charge < -0.3 is 10.6 Å². The van der Waals surface area contributed by atoms with Crippen LogP contribution >= 0.6 is 0 Å². The summed E-state index contributed by atoms with van der Waals surface area (Å²) < 4.78 is 14.5. The summed E-state index contributed by atoms with van der Waals surface area (Å²) in [6.07, 6.45) is 4.43. The topological polar surface area (TPSA) is 68.3 Å². The number of rotatable bonds is 3. The van der Waals surface area contributed by atoms with E-state index in [1.807, 2.05) is 0 Å². The molecular weight excluding hydrogens is 321 g/mol. The molecule has 0 aliphatic carbocycles. The van der Waals surface area contributed by atoms with E-state index >= 15 is 0 Å². The average Bonchev–Trinajstić information content (AvgIpc) is 2.62. The van der Waals surface area contributed by atoms with Gasteiger partial charge in [-0.3, -0.25) is 14.2 Å². The minimum atomic E-state index is -0.391. The molecule has 0 bridgehead atoms. The van der Waals surface area contributed by atoms with Crippen LogP contribution in [0.25, 0.3) is 5.69 Å². The number of aryl methyl sites for hydroxylation is 1. The Morgan fingerprint density at radius 3 is 2.64 bits per heavy atom. The Kier molecular flexibility index (Phi) is 4.99. The van der Waals surface area contributed by atoms with Gasteiger partial charge in [0.05, 0.1) is 0 Å². The number of carbonyl (C=O) groups is 1. The third-order valence-corrected chi connectivity index (χ3v) is 4.78. The number of aromatic nitrogens is 1. The first kappa shape index (κ1) is 17.4. The smallest absolute Gasteiger partial charge is 0.268 e. The van der Waals surface area contributed by atoms with Crippen LogP contribution < -0.4 is 11.3 Å². The predicted molar refractivity (Wildman–Crippen MR) is 94.5 cm³/mol. The molecule has 0 radical (unpaired) electrons. The molecule has 1 unspecified atom stereocenters. The summed E-state index contributed by atoms with van der Waals surface area (Å²) in [6.45, 7) is 2.76. The predicted octanol–water partition coefficient (Wildman–Crippen LogP) is 2.24. The van der Waals surface area contributed by atoms with Crippen molar-refractivity contribution in [2.24, 2.45) is 5.73 Å². The van der Waals surface area contributed by atoms with Crippen LogP contribution in [-0.2, 0) is 0 Å². The molecule has 1 aliphatic heterocycles. The first-order valence-electron chi connectivity index (χ1n) is 8.52. The molecule has 3 rings (SSSR count). The van der Waals surface area contributed by atoms with Crippen molar-refractivity contribution < 1.29 is 9.18 Å². The number of piperidine rings is 1. The van der Waals surface area contributed by atoms with Gasteiger partial charge in [0.25, 0.3) is 11.5 Å². The first-order chi connectivity index (χ1) is 12.0. The highest BCUT2D eigenvalue weighted by atomic mass is 19.1. The van der Waals surface area contributed by atoms with Gasteiger partial charge in [0.15, 0.2) is 0 Å². The maximum atomic E-state index is 13.1. The number of hydrogen-bond donors (Lipinski definition) is 1. The molecule has 25 heavy (non-hydrogen) atoms. The molecule has 1 aromatic heterocycles. The van der Waals surface area contributed by atoms with Crippen LogP contribution in [0.15, 0.2) is 41.3 Å². The van der Waals surface area contributed by atoms with Gasteiger partial charge in [-0.25, -0.2) is 4.39 Å². The fourth-order valence-corrected chi connectivity index (χ4v) is 3.35. The highest BCUT2D eigenvalue weighted by Gasteiger charge is 2.29. The van der Waals surface area contributed by atoms with Gasteiger partial charge in [-0.2, -0.15) is 0 Å². The average molecular weight is 343 g/mol. The van der Waals surface area contributed by atoms with Crippen molar-refractivity contribution in [2.45, 2.75) is 32.2 Å². The molecule has 132 valence electrons. The maximum absolute atomic E-state index is 13.1. The van der Waals surface area contributed by atoms with Crippen LogP contribution in [0.2, 0.25) is 0 Å². The second-order valence-electron chi connectivity index (χ2n) is 6.41. The van der Waals surface area contributed by atoms with Crippen molar-refractivity contribution >= 4 is 5.91 Å². The van der Waals surface area contributed by atoms with Crippen molar-refractivity contribution in [3.63, 3.8) is 0 Å². The standard InChI is InChI=1S/C19H22FN3O2/c1-13-9-11-23(15-7-5-14(20)6-8-15)19(25)17(13)18(24)22-10-3-2-4-16(22)12-21/h5-9,11,16H,2-4,10,12,21H2,1H3. The fraction of sp³-hybridized carbons (Fsp3) is 0.368. The highest BCUT2D eigenvalue weighted by Crippen LogP contribution is 2.19.